The second-order valence-electron chi connectivity index (χ2n) is 5.63. The highest BCUT2D eigenvalue weighted by molar-refractivity contribution is 9.10. The molecule has 3 heteroatoms. The minimum atomic E-state index is 0.263. The molecular weight excluding hydrogens is 300 g/mol. The zero-order valence-electron chi connectivity index (χ0n) is 12.0. The standard InChI is InChI=1S/C16H25BrN2/c1-3-15(18)9-13-7-8-14(17)10-16(13)19(4-2)11-12-5-6-12/h7-8,10,12,15H,3-6,9,11,18H2,1-2H3. The molecule has 1 fully saturated rings. The number of nitrogens with two attached hydrogens (primary N) is 1. The lowest BCUT2D eigenvalue weighted by atomic mass is 10.0. The van der Waals surface area contributed by atoms with Crippen molar-refractivity contribution < 1.29 is 0 Å². The van der Waals surface area contributed by atoms with Crippen LogP contribution in [-0.2, 0) is 6.42 Å². The summed E-state index contributed by atoms with van der Waals surface area (Å²) in [5.41, 5.74) is 8.89. The first-order chi connectivity index (χ1) is 9.13. The van der Waals surface area contributed by atoms with Crippen molar-refractivity contribution in [3.05, 3.63) is 28.2 Å². The van der Waals surface area contributed by atoms with Crippen LogP contribution in [0.3, 0.4) is 0 Å². The van der Waals surface area contributed by atoms with Crippen molar-refractivity contribution in [2.24, 2.45) is 11.7 Å². The lowest BCUT2D eigenvalue weighted by Crippen LogP contribution is -2.28. The molecule has 1 aliphatic rings. The smallest absolute Gasteiger partial charge is 0.0410 e. The van der Waals surface area contributed by atoms with E-state index >= 15 is 0 Å². The zero-order valence-corrected chi connectivity index (χ0v) is 13.6. The summed E-state index contributed by atoms with van der Waals surface area (Å²) >= 11 is 3.60. The van der Waals surface area contributed by atoms with Gasteiger partial charge in [-0.3, -0.25) is 0 Å². The van der Waals surface area contributed by atoms with Crippen LogP contribution in [0, 0.1) is 5.92 Å². The van der Waals surface area contributed by atoms with Crippen LogP contribution in [0.25, 0.3) is 0 Å². The van der Waals surface area contributed by atoms with E-state index in [2.05, 4.69) is 52.9 Å². The second kappa shape index (κ2) is 6.76. The fourth-order valence-electron chi connectivity index (χ4n) is 2.44. The van der Waals surface area contributed by atoms with Gasteiger partial charge in [0.1, 0.15) is 0 Å². The van der Waals surface area contributed by atoms with Crippen LogP contribution in [0.5, 0.6) is 0 Å². The minimum absolute atomic E-state index is 0.263. The van der Waals surface area contributed by atoms with E-state index in [0.717, 1.165) is 29.8 Å². The fourth-order valence-corrected chi connectivity index (χ4v) is 2.79. The number of halogens is 1. The molecule has 0 radical (unpaired) electrons. The van der Waals surface area contributed by atoms with E-state index in [9.17, 15) is 0 Å². The highest BCUT2D eigenvalue weighted by Crippen LogP contribution is 2.33. The van der Waals surface area contributed by atoms with Gasteiger partial charge in [0.2, 0.25) is 0 Å². The number of benzene rings is 1. The Morgan fingerprint density at radius 1 is 1.37 bits per heavy atom. The Morgan fingerprint density at radius 2 is 2.11 bits per heavy atom. The largest absolute Gasteiger partial charge is 0.371 e. The van der Waals surface area contributed by atoms with Gasteiger partial charge in [0, 0.05) is 29.3 Å². The van der Waals surface area contributed by atoms with Crippen molar-refractivity contribution in [2.75, 3.05) is 18.0 Å². The molecule has 1 saturated carbocycles. The van der Waals surface area contributed by atoms with E-state index in [1.54, 1.807) is 0 Å². The molecule has 0 saturated heterocycles. The molecule has 1 aromatic carbocycles. The van der Waals surface area contributed by atoms with Gasteiger partial charge in [-0.15, -0.1) is 0 Å². The molecule has 1 aromatic rings. The number of rotatable bonds is 7. The molecule has 1 unspecified atom stereocenters. The van der Waals surface area contributed by atoms with Crippen LogP contribution in [-0.4, -0.2) is 19.1 Å². The van der Waals surface area contributed by atoms with Gasteiger partial charge in [0.05, 0.1) is 0 Å². The monoisotopic (exact) mass is 324 g/mol. The van der Waals surface area contributed by atoms with Gasteiger partial charge in [0.25, 0.3) is 0 Å². The Morgan fingerprint density at radius 3 is 2.68 bits per heavy atom. The van der Waals surface area contributed by atoms with Gasteiger partial charge in [-0.25, -0.2) is 0 Å². The highest BCUT2D eigenvalue weighted by atomic mass is 79.9. The second-order valence-corrected chi connectivity index (χ2v) is 6.54. The average molecular weight is 325 g/mol. The molecule has 2 nitrogen and oxygen atoms in total. The molecule has 0 bridgehead atoms. The number of hydrogen-bond acceptors (Lipinski definition) is 2. The van der Waals surface area contributed by atoms with E-state index in [1.165, 1.54) is 30.6 Å². The maximum Gasteiger partial charge on any atom is 0.0410 e. The zero-order chi connectivity index (χ0) is 13.8. The van der Waals surface area contributed by atoms with Crippen molar-refractivity contribution in [2.45, 2.75) is 45.6 Å². The third kappa shape index (κ3) is 4.22. The van der Waals surface area contributed by atoms with Crippen molar-refractivity contribution in [3.8, 4) is 0 Å². The van der Waals surface area contributed by atoms with Crippen LogP contribution in [0.2, 0.25) is 0 Å². The van der Waals surface area contributed by atoms with Crippen molar-refractivity contribution >= 4 is 21.6 Å². The normalized spacial score (nSPS) is 16.4. The van der Waals surface area contributed by atoms with Gasteiger partial charge in [-0.1, -0.05) is 28.9 Å². The summed E-state index contributed by atoms with van der Waals surface area (Å²) < 4.78 is 1.16. The van der Waals surface area contributed by atoms with Gasteiger partial charge >= 0.3 is 0 Å². The van der Waals surface area contributed by atoms with Crippen molar-refractivity contribution in [3.63, 3.8) is 0 Å². The first-order valence-corrected chi connectivity index (χ1v) is 8.22. The minimum Gasteiger partial charge on any atom is -0.371 e. The Bertz CT molecular complexity index is 415. The van der Waals surface area contributed by atoms with E-state index in [-0.39, 0.29) is 6.04 Å². The predicted octanol–water partition coefficient (Wildman–Crippen LogP) is 3.97. The molecule has 0 amide bonds. The van der Waals surface area contributed by atoms with Crippen LogP contribution in [0.15, 0.2) is 22.7 Å². The maximum absolute atomic E-state index is 6.14. The average Bonchev–Trinajstić information content (AvgIpc) is 3.22. The Hall–Kier alpha value is -0.540. The first kappa shape index (κ1) is 14.9. The quantitative estimate of drug-likeness (QED) is 0.822. The van der Waals surface area contributed by atoms with Crippen molar-refractivity contribution in [1.29, 1.82) is 0 Å². The number of hydrogen-bond donors (Lipinski definition) is 1. The van der Waals surface area contributed by atoms with E-state index in [0.29, 0.717) is 0 Å². The summed E-state index contributed by atoms with van der Waals surface area (Å²) in [7, 11) is 0. The molecule has 19 heavy (non-hydrogen) atoms. The number of nitrogens with zero attached hydrogens (tertiary/aromatic N) is 1. The van der Waals surface area contributed by atoms with Crippen LogP contribution >= 0.6 is 15.9 Å². The molecule has 1 atom stereocenters. The van der Waals surface area contributed by atoms with Crippen molar-refractivity contribution in [1.82, 2.24) is 0 Å². The molecule has 0 spiro atoms. The van der Waals surface area contributed by atoms with Gasteiger partial charge in [-0.05, 0) is 56.2 Å². The molecule has 0 aromatic heterocycles. The van der Waals surface area contributed by atoms with E-state index in [4.69, 9.17) is 5.73 Å². The summed E-state index contributed by atoms with van der Waals surface area (Å²) in [5.74, 6) is 0.909. The molecular formula is C16H25BrN2. The van der Waals surface area contributed by atoms with Gasteiger partial charge in [-0.2, -0.15) is 0 Å². The lowest BCUT2D eigenvalue weighted by Gasteiger charge is -2.27. The Labute approximate surface area is 125 Å². The lowest BCUT2D eigenvalue weighted by molar-refractivity contribution is 0.642. The first-order valence-electron chi connectivity index (χ1n) is 7.43. The SMILES string of the molecule is CCC(N)Cc1ccc(Br)cc1N(CC)CC1CC1. The molecule has 1 aliphatic carbocycles. The summed E-state index contributed by atoms with van der Waals surface area (Å²) in [6.45, 7) is 6.67. The topological polar surface area (TPSA) is 29.3 Å². The number of anilines is 1. The summed E-state index contributed by atoms with van der Waals surface area (Å²) in [5, 5.41) is 0. The molecule has 2 rings (SSSR count). The highest BCUT2D eigenvalue weighted by Gasteiger charge is 2.25. The third-order valence-electron chi connectivity index (χ3n) is 3.95. The summed E-state index contributed by atoms with van der Waals surface area (Å²) in [4.78, 5) is 2.51. The Kier molecular flexibility index (Phi) is 5.28. The summed E-state index contributed by atoms with van der Waals surface area (Å²) in [6, 6.07) is 6.87. The third-order valence-corrected chi connectivity index (χ3v) is 4.44. The van der Waals surface area contributed by atoms with E-state index < -0.39 is 0 Å². The Balaban J connectivity index is 2.20. The molecule has 0 aliphatic heterocycles. The fraction of sp³-hybridized carbons (Fsp3) is 0.625. The van der Waals surface area contributed by atoms with E-state index in [1.807, 2.05) is 0 Å². The van der Waals surface area contributed by atoms with Crippen LogP contribution < -0.4 is 10.6 Å². The van der Waals surface area contributed by atoms with Crippen LogP contribution in [0.1, 0.15) is 38.7 Å². The molecule has 2 N–H and O–H groups in total. The molecule has 0 heterocycles. The van der Waals surface area contributed by atoms with Crippen LogP contribution in [0.4, 0.5) is 5.69 Å². The summed E-state index contributed by atoms with van der Waals surface area (Å²) in [6.07, 6.45) is 4.80. The molecule has 106 valence electrons. The van der Waals surface area contributed by atoms with Gasteiger partial charge < -0.3 is 10.6 Å². The maximum atomic E-state index is 6.14. The predicted molar refractivity (Wildman–Crippen MR) is 86.7 cm³/mol. The van der Waals surface area contributed by atoms with Gasteiger partial charge in [0.15, 0.2) is 0 Å².